The molecular formula is C100H109N3O15. The fourth-order valence-corrected chi connectivity index (χ4v) is 15.9. The van der Waals surface area contributed by atoms with Crippen LogP contribution in [0.5, 0.6) is 34.5 Å². The van der Waals surface area contributed by atoms with E-state index in [2.05, 4.69) is 54.0 Å². The van der Waals surface area contributed by atoms with E-state index in [0.717, 1.165) is 212 Å². The lowest BCUT2D eigenvalue weighted by atomic mass is 9.97. The molecule has 3 aromatic heterocycles. The number of hydrogen-bond acceptors (Lipinski definition) is 18. The lowest BCUT2D eigenvalue weighted by molar-refractivity contribution is -0.118. The Balaban J connectivity index is 0.000000162. The highest BCUT2D eigenvalue weighted by atomic mass is 16.5. The first-order valence-electron chi connectivity index (χ1n) is 40.4. The Morgan fingerprint density at radius 1 is 0.331 bits per heavy atom. The minimum absolute atomic E-state index is 0. The molecule has 3 aliphatic rings. The summed E-state index contributed by atoms with van der Waals surface area (Å²) in [6.45, 7) is 17.9. The number of aryl methyl sites for hydroxylation is 6. The summed E-state index contributed by atoms with van der Waals surface area (Å²) in [6, 6.07) is 58.7. The van der Waals surface area contributed by atoms with Crippen molar-refractivity contribution >= 4 is 50.3 Å². The maximum absolute atomic E-state index is 13.1. The maximum atomic E-state index is 13.1. The number of hydrogen-bond donors (Lipinski definition) is 0. The van der Waals surface area contributed by atoms with Crippen molar-refractivity contribution in [2.24, 2.45) is 0 Å². The maximum Gasteiger partial charge on any atom is 0.339 e. The zero-order valence-electron chi connectivity index (χ0n) is 69.2. The van der Waals surface area contributed by atoms with E-state index in [1.54, 1.807) is 39.5 Å². The molecule has 0 atom stereocenters. The molecule has 0 amide bonds. The molecule has 0 radical (unpaired) electrons. The Morgan fingerprint density at radius 2 is 0.585 bits per heavy atom. The average molecular weight is 1590 g/mol. The number of Topliss-reactive ketones (excluding diaryl/α,β-unsaturated/α-hetero) is 3. The Hall–Kier alpha value is -11.7. The first kappa shape index (κ1) is 85.7. The molecule has 0 spiro atoms. The van der Waals surface area contributed by atoms with Gasteiger partial charge in [0.15, 0.2) is 0 Å². The van der Waals surface area contributed by atoms with Crippen LogP contribution < -0.4 is 45.3 Å². The number of benzene rings is 9. The molecule has 0 saturated carbocycles. The highest BCUT2D eigenvalue weighted by molar-refractivity contribution is 5.90. The number of fused-ring (bicyclic) bond motifs is 3. The van der Waals surface area contributed by atoms with Crippen molar-refractivity contribution in [1.82, 2.24) is 14.7 Å². The van der Waals surface area contributed by atoms with Crippen LogP contribution in [0.4, 0.5) is 0 Å². The van der Waals surface area contributed by atoms with Crippen LogP contribution in [0.15, 0.2) is 210 Å². The molecular weight excluding hydrogens is 1480 g/mol. The van der Waals surface area contributed by atoms with Gasteiger partial charge in [-0.2, -0.15) is 0 Å². The Labute approximate surface area is 691 Å². The third kappa shape index (κ3) is 21.4. The van der Waals surface area contributed by atoms with Crippen molar-refractivity contribution in [2.45, 2.75) is 144 Å². The molecule has 9 aromatic carbocycles. The number of nitrogens with zero attached hydrogens (tertiary/aromatic N) is 3. The SMILES string of the molecule is C.COc1ccc(CC(=O)Cc2cc3ccc(OC4CCN(C)CC4)c(C)c3oc2=O)cc1-c1cccc(C)c1.COc1ccc(CC(=O)Cc2cc3ccc(OC4CCN(C)CC4)c(C)c3oc2=O)cc1-c1cccc(C)c1.COc1ccc(CC(=O)Cc2cc3ccc(OC4CCN(C)CC4)c(C)c3oc2=O)cc1-c1cccc(C)c1. The third-order valence-corrected chi connectivity index (χ3v) is 22.5. The van der Waals surface area contributed by atoms with Crippen LogP contribution in [-0.4, -0.2) is 132 Å². The topological polar surface area (TPSA) is 207 Å². The van der Waals surface area contributed by atoms with Gasteiger partial charge in [0.05, 0.1) is 21.3 Å². The Bertz CT molecular complexity index is 5250. The van der Waals surface area contributed by atoms with Crippen molar-refractivity contribution in [3.05, 3.63) is 280 Å². The van der Waals surface area contributed by atoms with Crippen molar-refractivity contribution in [3.63, 3.8) is 0 Å². The number of likely N-dealkylation sites (tertiary alicyclic amines) is 3. The number of carbonyl (C=O) groups excluding carboxylic acids is 3. The first-order valence-corrected chi connectivity index (χ1v) is 40.4. The molecule has 614 valence electrons. The number of ether oxygens (including phenoxy) is 6. The fourth-order valence-electron chi connectivity index (χ4n) is 15.9. The van der Waals surface area contributed by atoms with E-state index in [0.29, 0.717) is 33.4 Å². The quantitative estimate of drug-likeness (QED) is 0.0515. The van der Waals surface area contributed by atoms with Gasteiger partial charge in [0.2, 0.25) is 0 Å². The fraction of sp³-hybridized carbons (Fsp3) is 0.340. The second kappa shape index (κ2) is 39.0. The van der Waals surface area contributed by atoms with E-state index in [1.165, 1.54) is 0 Å². The summed E-state index contributed by atoms with van der Waals surface area (Å²) in [5.74, 6) is 4.32. The first-order chi connectivity index (χ1) is 56.4. The van der Waals surface area contributed by atoms with Crippen LogP contribution in [-0.2, 0) is 52.9 Å². The molecule has 0 aliphatic carbocycles. The standard InChI is InChI=1S/3C33H35NO5.CH4/c3*1-21-6-5-7-24(16-21)29-18-23(8-10-31(29)37-4)17-27(35)20-26-19-25-9-11-30(22(2)32(25)39-33(26)36)38-28-12-14-34(3)15-13-28;/h3*5-11,16,18-19,28H,12-15,17,20H2,1-4H3;1H4. The Kier molecular flexibility index (Phi) is 28.3. The zero-order chi connectivity index (χ0) is 82.6. The monoisotopic (exact) mass is 1590 g/mol. The predicted octanol–water partition coefficient (Wildman–Crippen LogP) is 18.4. The molecule has 15 rings (SSSR count). The minimum Gasteiger partial charge on any atom is -0.496 e. The van der Waals surface area contributed by atoms with Crippen LogP contribution in [0.1, 0.15) is 113 Å². The van der Waals surface area contributed by atoms with Crippen LogP contribution in [0.2, 0.25) is 0 Å². The lowest BCUT2D eigenvalue weighted by Crippen LogP contribution is -2.35. The van der Waals surface area contributed by atoms with E-state index < -0.39 is 16.9 Å². The van der Waals surface area contributed by atoms with Crippen molar-refractivity contribution in [1.29, 1.82) is 0 Å². The second-order valence-corrected chi connectivity index (χ2v) is 31.7. The number of methoxy groups -OCH3 is 3. The minimum atomic E-state index is -0.481. The molecule has 6 heterocycles. The van der Waals surface area contributed by atoms with Crippen molar-refractivity contribution in [2.75, 3.05) is 81.7 Å². The number of piperidine rings is 3. The van der Waals surface area contributed by atoms with Gasteiger partial charge in [-0.1, -0.05) is 115 Å². The smallest absolute Gasteiger partial charge is 0.339 e. The average Bonchev–Trinajstić information content (AvgIpc) is 0.878. The number of ketones is 3. The number of carbonyl (C=O) groups is 3. The third-order valence-electron chi connectivity index (χ3n) is 22.5. The normalized spacial score (nSPS) is 14.3. The van der Waals surface area contributed by atoms with E-state index in [9.17, 15) is 28.8 Å². The summed E-state index contributed by atoms with van der Waals surface area (Å²) in [5.41, 5.74) is 15.6. The molecule has 0 unspecified atom stereocenters. The summed E-state index contributed by atoms with van der Waals surface area (Å²) >= 11 is 0. The van der Waals surface area contributed by atoms with E-state index in [1.807, 2.05) is 187 Å². The van der Waals surface area contributed by atoms with Gasteiger partial charge in [-0.25, -0.2) is 14.4 Å². The molecule has 0 N–H and O–H groups in total. The molecule has 118 heavy (non-hydrogen) atoms. The predicted molar refractivity (Wildman–Crippen MR) is 469 cm³/mol. The summed E-state index contributed by atoms with van der Waals surface area (Å²) in [7, 11) is 11.3. The van der Waals surface area contributed by atoms with Gasteiger partial charge in [0, 0.05) is 144 Å². The molecule has 18 heteroatoms. The molecule has 18 nitrogen and oxygen atoms in total. The van der Waals surface area contributed by atoms with Crippen LogP contribution in [0, 0.1) is 41.5 Å². The highest BCUT2D eigenvalue weighted by Gasteiger charge is 2.26. The van der Waals surface area contributed by atoms with Crippen molar-refractivity contribution < 1.29 is 56.1 Å². The highest BCUT2D eigenvalue weighted by Crippen LogP contribution is 2.38. The number of rotatable bonds is 24. The van der Waals surface area contributed by atoms with Crippen LogP contribution >= 0.6 is 0 Å². The molecule has 12 aromatic rings. The van der Waals surface area contributed by atoms with Gasteiger partial charge in [0.1, 0.15) is 86.9 Å². The van der Waals surface area contributed by atoms with Gasteiger partial charge in [-0.05, 0) is 226 Å². The molecule has 0 bridgehead atoms. The largest absolute Gasteiger partial charge is 0.496 e. The molecule has 3 saturated heterocycles. The molecule has 3 fully saturated rings. The van der Waals surface area contributed by atoms with Crippen molar-refractivity contribution in [3.8, 4) is 67.9 Å². The van der Waals surface area contributed by atoms with E-state index >= 15 is 0 Å². The summed E-state index contributed by atoms with van der Waals surface area (Å²) in [6.07, 6.45) is 6.97. The summed E-state index contributed by atoms with van der Waals surface area (Å²) in [4.78, 5) is 84.7. The van der Waals surface area contributed by atoms with E-state index in [4.69, 9.17) is 41.7 Å². The molecule has 3 aliphatic heterocycles. The van der Waals surface area contributed by atoms with Gasteiger partial charge >= 0.3 is 16.9 Å². The van der Waals surface area contributed by atoms with Gasteiger partial charge in [0.25, 0.3) is 0 Å². The van der Waals surface area contributed by atoms with Crippen LogP contribution in [0.3, 0.4) is 0 Å². The van der Waals surface area contributed by atoms with E-state index in [-0.39, 0.29) is 81.6 Å². The van der Waals surface area contributed by atoms with Gasteiger partial charge in [-0.3, -0.25) is 14.4 Å². The zero-order valence-corrected chi connectivity index (χ0v) is 69.2. The van der Waals surface area contributed by atoms with Gasteiger partial charge < -0.3 is 56.4 Å². The summed E-state index contributed by atoms with van der Waals surface area (Å²) < 4.78 is 52.7. The lowest BCUT2D eigenvalue weighted by Gasteiger charge is -2.29. The second-order valence-electron chi connectivity index (χ2n) is 31.7. The van der Waals surface area contributed by atoms with Gasteiger partial charge in [-0.15, -0.1) is 0 Å². The van der Waals surface area contributed by atoms with Crippen LogP contribution in [0.25, 0.3) is 66.3 Å². The summed E-state index contributed by atoms with van der Waals surface area (Å²) in [5, 5.41) is 2.37. The Morgan fingerprint density at radius 3 is 0.831 bits per heavy atom.